The molecule has 0 aromatic carbocycles. The number of nitrogens with one attached hydrogen (secondary N) is 1. The van der Waals surface area contributed by atoms with Crippen LogP contribution in [0.25, 0.3) is 10.6 Å². The standard InChI is InChI=1S/C14H17N3O3S3/c1-23(19,20)17-6-2-4-10(8-17)13(18)16-14-15-11(9-22-14)12-5-3-7-21-12/h3,5,7,9-10H,2,4,6,8H2,1H3,(H,15,16,18)/t10-/m0/s1. The van der Waals surface area contributed by atoms with Gasteiger partial charge in [0, 0.05) is 18.5 Å². The number of amides is 1. The molecule has 0 aliphatic carbocycles. The molecule has 1 amide bonds. The highest BCUT2D eigenvalue weighted by molar-refractivity contribution is 7.88. The maximum absolute atomic E-state index is 12.4. The van der Waals surface area contributed by atoms with Crippen molar-refractivity contribution in [3.05, 3.63) is 22.9 Å². The zero-order valence-corrected chi connectivity index (χ0v) is 15.0. The van der Waals surface area contributed by atoms with Crippen molar-refractivity contribution >= 4 is 43.7 Å². The number of anilines is 1. The molecule has 3 heterocycles. The van der Waals surface area contributed by atoms with Gasteiger partial charge in [0.1, 0.15) is 0 Å². The molecule has 0 unspecified atom stereocenters. The van der Waals surface area contributed by atoms with Crippen LogP contribution in [0.5, 0.6) is 0 Å². The fourth-order valence-corrected chi connectivity index (χ4v) is 4.92. The lowest BCUT2D eigenvalue weighted by Crippen LogP contribution is -2.43. The van der Waals surface area contributed by atoms with Crippen molar-refractivity contribution in [3.63, 3.8) is 0 Å². The smallest absolute Gasteiger partial charge is 0.230 e. The van der Waals surface area contributed by atoms with Crippen molar-refractivity contribution < 1.29 is 13.2 Å². The number of sulfonamides is 1. The molecule has 0 radical (unpaired) electrons. The molecular weight excluding hydrogens is 354 g/mol. The summed E-state index contributed by atoms with van der Waals surface area (Å²) in [4.78, 5) is 17.9. The summed E-state index contributed by atoms with van der Waals surface area (Å²) in [5.74, 6) is -0.488. The minimum atomic E-state index is -3.25. The quantitative estimate of drug-likeness (QED) is 0.895. The average Bonchev–Trinajstić information content (AvgIpc) is 3.17. The zero-order valence-electron chi connectivity index (χ0n) is 12.6. The van der Waals surface area contributed by atoms with E-state index >= 15 is 0 Å². The van der Waals surface area contributed by atoms with Gasteiger partial charge in [0.15, 0.2) is 5.13 Å². The summed E-state index contributed by atoms with van der Waals surface area (Å²) >= 11 is 2.98. The molecule has 1 saturated heterocycles. The van der Waals surface area contributed by atoms with Gasteiger partial charge < -0.3 is 5.32 Å². The van der Waals surface area contributed by atoms with Crippen LogP contribution in [0.4, 0.5) is 5.13 Å². The van der Waals surface area contributed by atoms with Gasteiger partial charge in [-0.15, -0.1) is 22.7 Å². The van der Waals surface area contributed by atoms with Crippen LogP contribution in [-0.4, -0.2) is 43.0 Å². The van der Waals surface area contributed by atoms with E-state index in [-0.39, 0.29) is 18.4 Å². The zero-order chi connectivity index (χ0) is 16.4. The summed E-state index contributed by atoms with van der Waals surface area (Å²) in [5, 5.41) is 7.26. The predicted molar refractivity (Wildman–Crippen MR) is 93.2 cm³/mol. The lowest BCUT2D eigenvalue weighted by Gasteiger charge is -2.29. The van der Waals surface area contributed by atoms with E-state index in [1.807, 2.05) is 22.9 Å². The monoisotopic (exact) mass is 371 g/mol. The molecule has 2 aromatic heterocycles. The second kappa shape index (κ2) is 6.68. The molecule has 1 atom stereocenters. The molecule has 1 N–H and O–H groups in total. The molecule has 1 aliphatic rings. The van der Waals surface area contributed by atoms with Gasteiger partial charge >= 0.3 is 0 Å². The first kappa shape index (κ1) is 16.6. The molecule has 1 aliphatic heterocycles. The van der Waals surface area contributed by atoms with Gasteiger partial charge in [-0.1, -0.05) is 6.07 Å². The first-order valence-corrected chi connectivity index (χ1v) is 10.8. The molecule has 2 aromatic rings. The van der Waals surface area contributed by atoms with Crippen LogP contribution in [0, 0.1) is 5.92 Å². The highest BCUT2D eigenvalue weighted by Gasteiger charge is 2.30. The van der Waals surface area contributed by atoms with Gasteiger partial charge in [-0.2, -0.15) is 0 Å². The third-order valence-corrected chi connectivity index (χ3v) is 6.65. The Morgan fingerprint density at radius 2 is 2.26 bits per heavy atom. The van der Waals surface area contributed by atoms with Crippen molar-refractivity contribution in [2.45, 2.75) is 12.8 Å². The van der Waals surface area contributed by atoms with Crippen LogP contribution < -0.4 is 5.32 Å². The predicted octanol–water partition coefficient (Wildman–Crippen LogP) is 2.48. The number of carbonyl (C=O) groups excluding carboxylic acids is 1. The summed E-state index contributed by atoms with van der Waals surface area (Å²) in [5.41, 5.74) is 0.849. The van der Waals surface area contributed by atoms with Gasteiger partial charge in [-0.05, 0) is 24.3 Å². The maximum atomic E-state index is 12.4. The van der Waals surface area contributed by atoms with E-state index in [1.54, 1.807) is 11.3 Å². The number of piperidine rings is 1. The largest absolute Gasteiger partial charge is 0.302 e. The summed E-state index contributed by atoms with van der Waals surface area (Å²) in [6, 6.07) is 3.94. The molecule has 3 rings (SSSR count). The van der Waals surface area contributed by atoms with Crippen LogP contribution in [0.15, 0.2) is 22.9 Å². The molecule has 124 valence electrons. The molecule has 23 heavy (non-hydrogen) atoms. The van der Waals surface area contributed by atoms with Gasteiger partial charge in [0.25, 0.3) is 0 Å². The number of thiazole rings is 1. The number of nitrogens with zero attached hydrogens (tertiary/aromatic N) is 2. The summed E-state index contributed by atoms with van der Waals surface area (Å²) in [7, 11) is -3.25. The van der Waals surface area contributed by atoms with Crippen molar-refractivity contribution in [1.82, 2.24) is 9.29 Å². The molecule has 0 spiro atoms. The topological polar surface area (TPSA) is 79.4 Å². The highest BCUT2D eigenvalue weighted by atomic mass is 32.2. The molecule has 6 nitrogen and oxygen atoms in total. The van der Waals surface area contributed by atoms with E-state index in [0.29, 0.717) is 24.5 Å². The number of thiophene rings is 1. The SMILES string of the molecule is CS(=O)(=O)N1CCC[C@H](C(=O)Nc2nc(-c3cccs3)cs2)C1. The molecule has 1 fully saturated rings. The van der Waals surface area contributed by atoms with E-state index in [1.165, 1.54) is 21.9 Å². The Labute approximate surface area is 143 Å². The van der Waals surface area contributed by atoms with Crippen LogP contribution in [0.2, 0.25) is 0 Å². The summed E-state index contributed by atoms with van der Waals surface area (Å²) in [6.45, 7) is 0.732. The number of hydrogen-bond acceptors (Lipinski definition) is 6. The van der Waals surface area contributed by atoms with Gasteiger partial charge in [-0.25, -0.2) is 17.7 Å². The van der Waals surface area contributed by atoms with E-state index in [4.69, 9.17) is 0 Å². The molecular formula is C14H17N3O3S3. The first-order valence-electron chi connectivity index (χ1n) is 7.19. The minimum absolute atomic E-state index is 0.162. The summed E-state index contributed by atoms with van der Waals surface area (Å²) < 4.78 is 24.6. The number of hydrogen-bond donors (Lipinski definition) is 1. The number of rotatable bonds is 4. The van der Waals surface area contributed by atoms with Crippen LogP contribution in [0.3, 0.4) is 0 Å². The fourth-order valence-electron chi connectivity index (χ4n) is 2.53. The lowest BCUT2D eigenvalue weighted by atomic mass is 9.99. The Morgan fingerprint density at radius 1 is 1.43 bits per heavy atom. The highest BCUT2D eigenvalue weighted by Crippen LogP contribution is 2.29. The first-order chi connectivity index (χ1) is 10.9. The van der Waals surface area contributed by atoms with Crippen LogP contribution in [0.1, 0.15) is 12.8 Å². The Balaban J connectivity index is 1.65. The Hall–Kier alpha value is -1.29. The fraction of sp³-hybridized carbons (Fsp3) is 0.429. The molecule has 0 bridgehead atoms. The van der Waals surface area contributed by atoms with Crippen molar-refractivity contribution in [3.8, 4) is 10.6 Å². The van der Waals surface area contributed by atoms with E-state index < -0.39 is 10.0 Å². The summed E-state index contributed by atoms with van der Waals surface area (Å²) in [6.07, 6.45) is 2.58. The van der Waals surface area contributed by atoms with E-state index in [9.17, 15) is 13.2 Å². The second-order valence-electron chi connectivity index (χ2n) is 5.46. The normalized spacial score (nSPS) is 19.6. The number of carbonyl (C=O) groups is 1. The van der Waals surface area contributed by atoms with E-state index in [0.717, 1.165) is 10.6 Å². The van der Waals surface area contributed by atoms with Crippen molar-refractivity contribution in [2.24, 2.45) is 5.92 Å². The Morgan fingerprint density at radius 3 is 2.96 bits per heavy atom. The maximum Gasteiger partial charge on any atom is 0.230 e. The van der Waals surface area contributed by atoms with Crippen LogP contribution in [-0.2, 0) is 14.8 Å². The van der Waals surface area contributed by atoms with E-state index in [2.05, 4.69) is 10.3 Å². The third-order valence-electron chi connectivity index (χ3n) is 3.73. The van der Waals surface area contributed by atoms with Crippen LogP contribution >= 0.6 is 22.7 Å². The molecule has 0 saturated carbocycles. The van der Waals surface area contributed by atoms with Gasteiger partial charge in [0.05, 0.1) is 22.7 Å². The lowest BCUT2D eigenvalue weighted by molar-refractivity contribution is -0.120. The minimum Gasteiger partial charge on any atom is -0.302 e. The molecule has 9 heteroatoms. The third kappa shape index (κ3) is 3.97. The average molecular weight is 372 g/mol. The van der Waals surface area contributed by atoms with Crippen molar-refractivity contribution in [1.29, 1.82) is 0 Å². The Bertz CT molecular complexity index is 783. The Kier molecular flexibility index (Phi) is 4.81. The second-order valence-corrected chi connectivity index (χ2v) is 9.25. The number of aromatic nitrogens is 1. The van der Waals surface area contributed by atoms with Gasteiger partial charge in [-0.3, -0.25) is 4.79 Å². The van der Waals surface area contributed by atoms with Crippen molar-refractivity contribution in [2.75, 3.05) is 24.7 Å². The van der Waals surface area contributed by atoms with Gasteiger partial charge in [0.2, 0.25) is 15.9 Å².